The normalized spacial score (nSPS) is 43.6. The lowest BCUT2D eigenvalue weighted by molar-refractivity contribution is -0.375. The van der Waals surface area contributed by atoms with Crippen molar-refractivity contribution in [3.63, 3.8) is 0 Å². The minimum absolute atomic E-state index is 0.701. The molecular weight excluding hydrogens is 196 g/mol. The van der Waals surface area contributed by atoms with Gasteiger partial charge in [-0.25, -0.2) is 0 Å². The first-order chi connectivity index (χ1) is 6.40. The molecular formula is C7H11O7-. The number of carbonyl (C=O) groups excluding carboxylic acids is 1. The molecule has 0 spiro atoms. The molecule has 7 heteroatoms. The van der Waals surface area contributed by atoms with Crippen LogP contribution in [0.15, 0.2) is 0 Å². The van der Waals surface area contributed by atoms with Crippen LogP contribution in [0.5, 0.6) is 0 Å². The van der Waals surface area contributed by atoms with Crippen LogP contribution in [-0.2, 0) is 9.53 Å². The summed E-state index contributed by atoms with van der Waals surface area (Å²) < 4.78 is 4.50. The smallest absolute Gasteiger partial charge is 0.210 e. The minimum atomic E-state index is -2.66. The van der Waals surface area contributed by atoms with Crippen LogP contribution >= 0.6 is 0 Å². The van der Waals surface area contributed by atoms with E-state index >= 15 is 0 Å². The molecule has 1 rings (SSSR count). The van der Waals surface area contributed by atoms with Crippen LogP contribution in [0.25, 0.3) is 0 Å². The summed E-state index contributed by atoms with van der Waals surface area (Å²) in [5, 5.41) is 46.7. The third kappa shape index (κ3) is 1.86. The average Bonchev–Trinajstić information content (AvgIpc) is 2.11. The number of hydrogen-bond donors (Lipinski definition) is 4. The summed E-state index contributed by atoms with van der Waals surface area (Å²) in [6, 6.07) is 0. The molecule has 1 fully saturated rings. The lowest BCUT2D eigenvalue weighted by Gasteiger charge is -2.42. The van der Waals surface area contributed by atoms with E-state index in [0.29, 0.717) is 0 Å². The van der Waals surface area contributed by atoms with E-state index < -0.39 is 43.1 Å². The van der Waals surface area contributed by atoms with Crippen LogP contribution in [0.3, 0.4) is 0 Å². The Morgan fingerprint density at radius 1 is 1.57 bits per heavy atom. The molecule has 0 saturated carbocycles. The number of carbonyl (C=O) groups is 1. The standard InChI is InChI=1S/C7H12O7/c8-2-4-5(10)3(9)1-7(13,14-4)6(11)12/h3-5,8-10,13H,1-2H2,(H,11,12)/p-1/t3-,4-,5-,7-/m1/s1. The van der Waals surface area contributed by atoms with Crippen molar-refractivity contribution < 1.29 is 35.1 Å². The summed E-state index contributed by atoms with van der Waals surface area (Å²) in [6.07, 6.45) is -4.96. The summed E-state index contributed by atoms with van der Waals surface area (Å²) in [6.45, 7) is -0.714. The molecule has 0 aliphatic carbocycles. The summed E-state index contributed by atoms with van der Waals surface area (Å²) in [5.74, 6) is -4.58. The topological polar surface area (TPSA) is 130 Å². The Balaban J connectivity index is 2.81. The first kappa shape index (κ1) is 11.3. The van der Waals surface area contributed by atoms with Crippen LogP contribution in [-0.4, -0.2) is 57.1 Å². The third-order valence-electron chi connectivity index (χ3n) is 2.11. The van der Waals surface area contributed by atoms with Gasteiger partial charge in [-0.15, -0.1) is 0 Å². The van der Waals surface area contributed by atoms with Crippen molar-refractivity contribution in [1.82, 2.24) is 0 Å². The second-order valence-electron chi connectivity index (χ2n) is 3.17. The Kier molecular flexibility index (Phi) is 3.07. The highest BCUT2D eigenvalue weighted by molar-refractivity contribution is 5.73. The van der Waals surface area contributed by atoms with Crippen molar-refractivity contribution in [1.29, 1.82) is 0 Å². The van der Waals surface area contributed by atoms with Gasteiger partial charge in [-0.3, -0.25) is 0 Å². The highest BCUT2D eigenvalue weighted by Crippen LogP contribution is 2.26. The summed E-state index contributed by atoms with van der Waals surface area (Å²) >= 11 is 0. The van der Waals surface area contributed by atoms with Crippen LogP contribution in [0.4, 0.5) is 0 Å². The molecule has 0 aromatic carbocycles. The number of ether oxygens (including phenoxy) is 1. The SMILES string of the molecule is O=C([O-])[C@@]1(O)C[C@@H](O)[C@@H](O)[C@@H](CO)O1. The van der Waals surface area contributed by atoms with Gasteiger partial charge in [0.25, 0.3) is 0 Å². The van der Waals surface area contributed by atoms with E-state index in [1.165, 1.54) is 0 Å². The predicted molar refractivity (Wildman–Crippen MR) is 38.5 cm³/mol. The van der Waals surface area contributed by atoms with E-state index in [2.05, 4.69) is 4.74 Å². The molecule has 1 aliphatic rings. The lowest BCUT2D eigenvalue weighted by atomic mass is 9.96. The van der Waals surface area contributed by atoms with Gasteiger partial charge in [0.15, 0.2) is 0 Å². The molecule has 14 heavy (non-hydrogen) atoms. The molecule has 7 nitrogen and oxygen atoms in total. The monoisotopic (exact) mass is 207 g/mol. The maximum atomic E-state index is 10.4. The molecule has 0 bridgehead atoms. The number of aliphatic hydroxyl groups is 4. The fourth-order valence-corrected chi connectivity index (χ4v) is 1.30. The van der Waals surface area contributed by atoms with Gasteiger partial charge in [-0.05, 0) is 0 Å². The molecule has 4 N–H and O–H groups in total. The number of carboxylic acids is 1. The van der Waals surface area contributed by atoms with Crippen molar-refractivity contribution in [3.8, 4) is 0 Å². The molecule has 4 atom stereocenters. The number of rotatable bonds is 2. The van der Waals surface area contributed by atoms with Gasteiger partial charge >= 0.3 is 0 Å². The minimum Gasteiger partial charge on any atom is -0.544 e. The second-order valence-corrected chi connectivity index (χ2v) is 3.17. The zero-order chi connectivity index (χ0) is 10.9. The van der Waals surface area contributed by atoms with E-state index in [1.807, 2.05) is 0 Å². The zero-order valence-electron chi connectivity index (χ0n) is 7.16. The van der Waals surface area contributed by atoms with Crippen LogP contribution in [0.2, 0.25) is 0 Å². The van der Waals surface area contributed by atoms with Gasteiger partial charge in [0.05, 0.1) is 12.7 Å². The lowest BCUT2D eigenvalue weighted by Crippen LogP contribution is -2.62. The maximum Gasteiger partial charge on any atom is 0.210 e. The fourth-order valence-electron chi connectivity index (χ4n) is 1.30. The summed E-state index contributed by atoms with van der Waals surface area (Å²) in [7, 11) is 0. The van der Waals surface area contributed by atoms with E-state index in [1.54, 1.807) is 0 Å². The largest absolute Gasteiger partial charge is 0.544 e. The molecule has 0 aromatic rings. The van der Waals surface area contributed by atoms with Crippen molar-refractivity contribution in [2.45, 2.75) is 30.5 Å². The number of aliphatic carboxylic acids is 1. The second kappa shape index (κ2) is 3.79. The summed E-state index contributed by atoms with van der Waals surface area (Å²) in [4.78, 5) is 10.4. The van der Waals surface area contributed by atoms with E-state index in [0.717, 1.165) is 0 Å². The van der Waals surface area contributed by atoms with Crippen LogP contribution in [0.1, 0.15) is 6.42 Å². The molecule has 0 radical (unpaired) electrons. The van der Waals surface area contributed by atoms with Gasteiger partial charge in [0.1, 0.15) is 18.2 Å². The first-order valence-electron chi connectivity index (χ1n) is 3.99. The van der Waals surface area contributed by atoms with Crippen LogP contribution < -0.4 is 5.11 Å². The zero-order valence-corrected chi connectivity index (χ0v) is 7.16. The van der Waals surface area contributed by atoms with E-state index in [4.69, 9.17) is 5.11 Å². The highest BCUT2D eigenvalue weighted by Gasteiger charge is 2.45. The molecule has 0 aromatic heterocycles. The summed E-state index contributed by atoms with van der Waals surface area (Å²) in [5.41, 5.74) is 0. The van der Waals surface area contributed by atoms with Gasteiger partial charge < -0.3 is 35.1 Å². The maximum absolute atomic E-state index is 10.4. The van der Waals surface area contributed by atoms with E-state index in [-0.39, 0.29) is 0 Å². The first-order valence-corrected chi connectivity index (χ1v) is 3.99. The van der Waals surface area contributed by atoms with Gasteiger partial charge in [0, 0.05) is 6.42 Å². The molecule has 0 amide bonds. The van der Waals surface area contributed by atoms with Crippen LogP contribution in [0, 0.1) is 0 Å². The third-order valence-corrected chi connectivity index (χ3v) is 2.11. The van der Waals surface area contributed by atoms with Crippen molar-refractivity contribution >= 4 is 5.97 Å². The highest BCUT2D eigenvalue weighted by atomic mass is 16.7. The van der Waals surface area contributed by atoms with Gasteiger partial charge in [0.2, 0.25) is 5.79 Å². The van der Waals surface area contributed by atoms with E-state index in [9.17, 15) is 25.2 Å². The molecule has 1 aliphatic heterocycles. The number of carboxylic acid groups (broad SMARTS) is 1. The van der Waals surface area contributed by atoms with Crippen molar-refractivity contribution in [3.05, 3.63) is 0 Å². The molecule has 1 heterocycles. The van der Waals surface area contributed by atoms with Crippen molar-refractivity contribution in [2.75, 3.05) is 6.61 Å². The Hall–Kier alpha value is -0.730. The number of hydrogen-bond acceptors (Lipinski definition) is 7. The molecule has 82 valence electrons. The Bertz CT molecular complexity index is 230. The fraction of sp³-hybridized carbons (Fsp3) is 0.857. The average molecular weight is 207 g/mol. The Morgan fingerprint density at radius 2 is 2.14 bits per heavy atom. The van der Waals surface area contributed by atoms with Crippen molar-refractivity contribution in [2.24, 2.45) is 0 Å². The quantitative estimate of drug-likeness (QED) is 0.362. The molecule has 1 saturated heterocycles. The van der Waals surface area contributed by atoms with Gasteiger partial charge in [-0.2, -0.15) is 0 Å². The molecule has 0 unspecified atom stereocenters. The van der Waals surface area contributed by atoms with Gasteiger partial charge in [-0.1, -0.05) is 0 Å². The number of aliphatic hydroxyl groups excluding tert-OH is 3. The Labute approximate surface area is 79.2 Å². The Morgan fingerprint density at radius 3 is 2.57 bits per heavy atom. The predicted octanol–water partition coefficient (Wildman–Crippen LogP) is -4.07.